The van der Waals surface area contributed by atoms with Crippen LogP contribution in [0.15, 0.2) is 60.0 Å². The Hall–Kier alpha value is -6.29. The van der Waals surface area contributed by atoms with Crippen molar-refractivity contribution in [2.75, 3.05) is 69.7 Å². The van der Waals surface area contributed by atoms with Crippen LogP contribution in [0, 0.1) is 19.8 Å². The van der Waals surface area contributed by atoms with Gasteiger partial charge in [-0.05, 0) is 110 Å². The van der Waals surface area contributed by atoms with Crippen molar-refractivity contribution in [3.8, 4) is 5.75 Å². The summed E-state index contributed by atoms with van der Waals surface area (Å²) in [5.74, 6) is 1.35. The van der Waals surface area contributed by atoms with Crippen LogP contribution >= 0.6 is 0 Å². The summed E-state index contributed by atoms with van der Waals surface area (Å²) in [6, 6.07) is 9.84. The van der Waals surface area contributed by atoms with E-state index >= 15 is 0 Å². The molecular weight excluding hydrogens is 985 g/mol. The van der Waals surface area contributed by atoms with Gasteiger partial charge >= 0.3 is 0 Å². The van der Waals surface area contributed by atoms with Crippen LogP contribution in [0.1, 0.15) is 118 Å². The Labute approximate surface area is 446 Å². The molecule has 2 aromatic carbocycles. The number of nitrogens with zero attached hydrogens (tertiary/aromatic N) is 8. The molecule has 0 bridgehead atoms. The van der Waals surface area contributed by atoms with Crippen LogP contribution in [-0.4, -0.2) is 154 Å². The summed E-state index contributed by atoms with van der Waals surface area (Å²) >= 11 is 0. The number of sulfone groups is 1. The summed E-state index contributed by atoms with van der Waals surface area (Å²) in [5.41, 5.74) is 4.86. The van der Waals surface area contributed by atoms with E-state index in [1.807, 2.05) is 33.0 Å². The number of H-pyrrole nitrogens is 1. The second-order valence-corrected chi connectivity index (χ2v) is 24.7. The van der Waals surface area contributed by atoms with E-state index in [4.69, 9.17) is 4.74 Å². The monoisotopic (exact) mass is 1060 g/mol. The van der Waals surface area contributed by atoms with Crippen LogP contribution < -0.4 is 36.2 Å². The van der Waals surface area contributed by atoms with Crippen molar-refractivity contribution in [2.45, 2.75) is 139 Å². The van der Waals surface area contributed by atoms with Gasteiger partial charge in [-0.15, -0.1) is 0 Å². The number of likely N-dealkylation sites (tertiary alicyclic amines) is 1. The Morgan fingerprint density at radius 3 is 2.39 bits per heavy atom. The first-order valence-corrected chi connectivity index (χ1v) is 28.6. The zero-order valence-electron chi connectivity index (χ0n) is 45.1. The van der Waals surface area contributed by atoms with E-state index in [0.29, 0.717) is 67.6 Å². The maximum Gasteiger partial charge on any atom is 0.271 e. The number of fused-ring (bicyclic) bond motifs is 2. The molecule has 3 fully saturated rings. The molecule has 2 saturated heterocycles. The molecule has 9 rings (SSSR count). The zero-order valence-corrected chi connectivity index (χ0v) is 45.9. The van der Waals surface area contributed by atoms with Gasteiger partial charge in [-0.3, -0.25) is 24.4 Å². The predicted molar refractivity (Wildman–Crippen MR) is 293 cm³/mol. The third-order valence-electron chi connectivity index (χ3n) is 16.0. The van der Waals surface area contributed by atoms with Gasteiger partial charge in [0.1, 0.15) is 47.0 Å². The lowest BCUT2D eigenvalue weighted by Crippen LogP contribution is -2.56. The lowest BCUT2D eigenvalue weighted by Gasteiger charge is -2.36. The number of nitrogens with one attached hydrogen (secondary N) is 6. The maximum atomic E-state index is 14.8. The molecule has 408 valence electrons. The molecular formula is C55H76N14O6S. The fraction of sp³-hybridized carbons (Fsp3) is 0.564. The van der Waals surface area contributed by atoms with Gasteiger partial charge in [0.2, 0.25) is 11.8 Å². The van der Waals surface area contributed by atoms with Gasteiger partial charge < -0.3 is 41.1 Å². The normalized spacial score (nSPS) is 20.5. The highest BCUT2D eigenvalue weighted by Crippen LogP contribution is 2.38. The van der Waals surface area contributed by atoms with Gasteiger partial charge in [-0.2, -0.15) is 5.10 Å². The highest BCUT2D eigenvalue weighted by Gasteiger charge is 2.45. The van der Waals surface area contributed by atoms with Crippen molar-refractivity contribution in [1.29, 1.82) is 0 Å². The van der Waals surface area contributed by atoms with Crippen molar-refractivity contribution in [1.82, 2.24) is 61.2 Å². The number of ether oxygens (including phenoxy) is 1. The van der Waals surface area contributed by atoms with Gasteiger partial charge in [-0.1, -0.05) is 43.5 Å². The summed E-state index contributed by atoms with van der Waals surface area (Å²) in [5, 5.41) is 24.4. The Bertz CT molecular complexity index is 2970. The second-order valence-electron chi connectivity index (χ2n) is 22.1. The molecule has 0 radical (unpaired) electrons. The Morgan fingerprint density at radius 2 is 1.68 bits per heavy atom. The highest BCUT2D eigenvalue weighted by atomic mass is 32.2. The number of likely N-dealkylation sites (N-methyl/N-ethyl adjacent to an activating group) is 1. The quantitative estimate of drug-likeness (QED) is 0.0651. The molecule has 1 saturated carbocycles. The van der Waals surface area contributed by atoms with Crippen LogP contribution in [0.4, 0.5) is 17.5 Å². The SMILES string of the molecule is CN[C@@H](C)CN[C@H](C(=O)N1C[C@@H](NC(=O)c2cnc(N3CCN(CCOc4cc5ncnc(Nc6n[nH]c(C)c6C)c5cc4S(=O)(=O)C(C)(C)C)CC3)cn2)C[C@H]1C(=O)N[C@@H]1CCCc2ccccc21)C1CCCCC1. The number of aromatic amines is 1. The van der Waals surface area contributed by atoms with Crippen LogP contribution in [0.5, 0.6) is 5.75 Å². The molecule has 5 atom stereocenters. The highest BCUT2D eigenvalue weighted by molar-refractivity contribution is 7.92. The van der Waals surface area contributed by atoms with E-state index in [0.717, 1.165) is 68.2 Å². The molecule has 2 aliphatic heterocycles. The van der Waals surface area contributed by atoms with Crippen LogP contribution in [0.3, 0.4) is 0 Å². The summed E-state index contributed by atoms with van der Waals surface area (Å²) in [4.78, 5) is 67.4. The molecule has 21 heteroatoms. The zero-order chi connectivity index (χ0) is 53.7. The van der Waals surface area contributed by atoms with Crippen molar-refractivity contribution in [2.24, 2.45) is 5.92 Å². The summed E-state index contributed by atoms with van der Waals surface area (Å²) in [6.45, 7) is 15.2. The molecule has 20 nitrogen and oxygen atoms in total. The number of amides is 3. The van der Waals surface area contributed by atoms with Crippen LogP contribution in [-0.2, 0) is 25.8 Å². The van der Waals surface area contributed by atoms with E-state index in [2.05, 4.69) is 85.6 Å². The average Bonchev–Trinajstić information content (AvgIpc) is 4.00. The number of hydrogen-bond acceptors (Lipinski definition) is 16. The second kappa shape index (κ2) is 23.5. The Kier molecular flexibility index (Phi) is 16.9. The van der Waals surface area contributed by atoms with Crippen LogP contribution in [0.2, 0.25) is 0 Å². The summed E-state index contributed by atoms with van der Waals surface area (Å²) < 4.78 is 33.3. The number of hydrogen-bond donors (Lipinski definition) is 6. The van der Waals surface area contributed by atoms with E-state index in [1.165, 1.54) is 18.1 Å². The molecule has 3 aromatic heterocycles. The molecule has 3 amide bonds. The molecule has 2 aliphatic carbocycles. The largest absolute Gasteiger partial charge is 0.491 e. The van der Waals surface area contributed by atoms with E-state index < -0.39 is 38.6 Å². The molecule has 5 heterocycles. The number of anilines is 3. The van der Waals surface area contributed by atoms with Gasteiger partial charge in [0, 0.05) is 80.6 Å². The van der Waals surface area contributed by atoms with Gasteiger partial charge in [0.05, 0.1) is 34.7 Å². The minimum absolute atomic E-state index is 0.0657. The lowest BCUT2D eigenvalue weighted by molar-refractivity contribution is -0.141. The van der Waals surface area contributed by atoms with Crippen molar-refractivity contribution in [3.05, 3.63) is 83.2 Å². The molecule has 0 unspecified atom stereocenters. The number of benzene rings is 2. The summed E-state index contributed by atoms with van der Waals surface area (Å²) in [6.07, 6.45) is 12.8. The fourth-order valence-corrected chi connectivity index (χ4v) is 12.3. The first kappa shape index (κ1) is 54.5. The maximum absolute atomic E-state index is 14.8. The van der Waals surface area contributed by atoms with E-state index in [1.54, 1.807) is 44.0 Å². The standard InChI is InChI=1S/C55H76N14O6S/c1-34(56-7)29-59-49(38-15-9-8-10-16-38)54(72)69-32-39(26-45(69)53(71)63-42-19-13-17-37-14-11-12-18-40(37)42)62-52(70)44-30-58-48(31-57-44)68-22-20-67(21-23-68)24-25-75-46-28-43-41(27-47(46)76(73,74)55(4,5)6)51(61-33-60-43)64-50-35(2)36(3)65-66-50/h11-12,14,18,27-28,30-31,33-34,38-39,42,45,49,56,59H,8-10,13,15-17,19-26,29,32H2,1-7H3,(H,62,70)(H,63,71)(H2,60,61,64,65,66)/t34-,39-,42+,45-,49-/m0/s1. The number of piperazine rings is 1. The number of aromatic nitrogens is 6. The molecule has 5 aromatic rings. The number of carbonyl (C=O) groups excluding carboxylic acids is 3. The minimum Gasteiger partial charge on any atom is -0.491 e. The van der Waals surface area contributed by atoms with Gasteiger partial charge in [-0.25, -0.2) is 28.4 Å². The molecule has 6 N–H and O–H groups in total. The first-order chi connectivity index (χ1) is 36.5. The van der Waals surface area contributed by atoms with Crippen molar-refractivity contribution < 1.29 is 27.5 Å². The summed E-state index contributed by atoms with van der Waals surface area (Å²) in [7, 11) is -1.95. The van der Waals surface area contributed by atoms with Crippen LogP contribution in [0.25, 0.3) is 10.9 Å². The minimum atomic E-state index is -3.86. The lowest BCUT2D eigenvalue weighted by atomic mass is 9.83. The van der Waals surface area contributed by atoms with E-state index in [-0.39, 0.29) is 65.7 Å². The number of aryl methyl sites for hydroxylation is 2. The third kappa shape index (κ3) is 12.1. The number of rotatable bonds is 18. The fourth-order valence-electron chi connectivity index (χ4n) is 11.0. The third-order valence-corrected chi connectivity index (χ3v) is 18.5. The molecule has 4 aliphatic rings. The molecule has 0 spiro atoms. The Balaban J connectivity index is 0.823. The topological polar surface area (TPSA) is 245 Å². The van der Waals surface area contributed by atoms with Crippen molar-refractivity contribution >= 4 is 55.9 Å². The number of carbonyl (C=O) groups is 3. The van der Waals surface area contributed by atoms with Crippen molar-refractivity contribution in [3.63, 3.8) is 0 Å². The van der Waals surface area contributed by atoms with Gasteiger partial charge in [0.15, 0.2) is 15.7 Å². The Morgan fingerprint density at radius 1 is 0.908 bits per heavy atom. The van der Waals surface area contributed by atoms with E-state index in [9.17, 15) is 22.8 Å². The smallest absolute Gasteiger partial charge is 0.271 e. The predicted octanol–water partition coefficient (Wildman–Crippen LogP) is 5.32. The first-order valence-electron chi connectivity index (χ1n) is 27.1. The van der Waals surface area contributed by atoms with Gasteiger partial charge in [0.25, 0.3) is 5.91 Å². The molecule has 76 heavy (non-hydrogen) atoms. The average molecular weight is 1060 g/mol.